The molecule has 0 fully saturated rings. The SMILES string of the molecule is CNCCCc1csc(-c2ccc[nH]2)n1. The Hall–Kier alpha value is -1.13. The number of hydrogen-bond donors (Lipinski definition) is 2. The molecule has 3 nitrogen and oxygen atoms in total. The second-order valence-electron chi connectivity index (χ2n) is 3.43. The molecule has 2 heterocycles. The van der Waals surface area contributed by atoms with Crippen LogP contribution in [0.2, 0.25) is 0 Å². The molecule has 0 atom stereocenters. The van der Waals surface area contributed by atoms with Crippen LogP contribution < -0.4 is 5.32 Å². The summed E-state index contributed by atoms with van der Waals surface area (Å²) >= 11 is 1.70. The molecule has 0 spiro atoms. The third-order valence-electron chi connectivity index (χ3n) is 2.24. The van der Waals surface area contributed by atoms with Crippen LogP contribution in [0, 0.1) is 0 Å². The lowest BCUT2D eigenvalue weighted by Crippen LogP contribution is -2.08. The summed E-state index contributed by atoms with van der Waals surface area (Å²) < 4.78 is 0. The van der Waals surface area contributed by atoms with Crippen molar-refractivity contribution in [3.63, 3.8) is 0 Å². The van der Waals surface area contributed by atoms with Gasteiger partial charge in [-0.3, -0.25) is 0 Å². The lowest BCUT2D eigenvalue weighted by atomic mass is 10.2. The zero-order valence-corrected chi connectivity index (χ0v) is 9.60. The zero-order valence-electron chi connectivity index (χ0n) is 8.79. The van der Waals surface area contributed by atoms with Crippen molar-refractivity contribution in [3.8, 4) is 10.7 Å². The first kappa shape index (κ1) is 10.4. The van der Waals surface area contributed by atoms with Crippen molar-refractivity contribution in [1.82, 2.24) is 15.3 Å². The minimum Gasteiger partial charge on any atom is -0.359 e. The van der Waals surface area contributed by atoms with E-state index in [1.54, 1.807) is 11.3 Å². The van der Waals surface area contributed by atoms with E-state index in [4.69, 9.17) is 0 Å². The van der Waals surface area contributed by atoms with E-state index in [2.05, 4.69) is 26.7 Å². The number of aromatic amines is 1. The van der Waals surface area contributed by atoms with Gasteiger partial charge < -0.3 is 10.3 Å². The second kappa shape index (κ2) is 5.09. The van der Waals surface area contributed by atoms with Gasteiger partial charge in [0.1, 0.15) is 5.01 Å². The van der Waals surface area contributed by atoms with Crippen LogP contribution >= 0.6 is 11.3 Å². The molecule has 0 aliphatic heterocycles. The number of nitrogens with one attached hydrogen (secondary N) is 2. The van der Waals surface area contributed by atoms with E-state index >= 15 is 0 Å². The first-order chi connectivity index (χ1) is 7.40. The predicted octanol–water partition coefficient (Wildman–Crippen LogP) is 2.29. The number of hydrogen-bond acceptors (Lipinski definition) is 3. The van der Waals surface area contributed by atoms with Crippen molar-refractivity contribution < 1.29 is 0 Å². The molecular formula is C11H15N3S. The van der Waals surface area contributed by atoms with Crippen LogP contribution in [0.15, 0.2) is 23.7 Å². The molecule has 0 aliphatic carbocycles. The van der Waals surface area contributed by atoms with Gasteiger partial charge in [0.05, 0.1) is 11.4 Å². The Balaban J connectivity index is 1.98. The van der Waals surface area contributed by atoms with Gasteiger partial charge in [-0.2, -0.15) is 0 Å². The molecule has 0 saturated heterocycles. The van der Waals surface area contributed by atoms with Crippen LogP contribution in [-0.2, 0) is 6.42 Å². The summed E-state index contributed by atoms with van der Waals surface area (Å²) in [5.74, 6) is 0. The van der Waals surface area contributed by atoms with Gasteiger partial charge in [0, 0.05) is 11.6 Å². The summed E-state index contributed by atoms with van der Waals surface area (Å²) in [5, 5.41) is 6.37. The third kappa shape index (κ3) is 2.67. The molecule has 80 valence electrons. The Kier molecular flexibility index (Phi) is 3.53. The van der Waals surface area contributed by atoms with Gasteiger partial charge in [0.2, 0.25) is 0 Å². The van der Waals surface area contributed by atoms with E-state index in [1.807, 2.05) is 19.3 Å². The van der Waals surface area contributed by atoms with E-state index in [0.717, 1.165) is 30.1 Å². The number of thiazole rings is 1. The van der Waals surface area contributed by atoms with Crippen molar-refractivity contribution in [3.05, 3.63) is 29.4 Å². The highest BCUT2D eigenvalue weighted by atomic mass is 32.1. The Bertz CT molecular complexity index is 392. The quantitative estimate of drug-likeness (QED) is 0.761. The van der Waals surface area contributed by atoms with Crippen molar-refractivity contribution in [2.24, 2.45) is 0 Å². The van der Waals surface area contributed by atoms with Crippen LogP contribution in [0.4, 0.5) is 0 Å². The van der Waals surface area contributed by atoms with Gasteiger partial charge in [0.15, 0.2) is 0 Å². The van der Waals surface area contributed by atoms with Crippen LogP contribution in [0.1, 0.15) is 12.1 Å². The van der Waals surface area contributed by atoms with Gasteiger partial charge in [-0.25, -0.2) is 4.98 Å². The summed E-state index contributed by atoms with van der Waals surface area (Å²) in [6.07, 6.45) is 4.12. The fourth-order valence-electron chi connectivity index (χ4n) is 1.46. The van der Waals surface area contributed by atoms with E-state index in [1.165, 1.54) is 5.69 Å². The smallest absolute Gasteiger partial charge is 0.139 e. The van der Waals surface area contributed by atoms with Crippen molar-refractivity contribution >= 4 is 11.3 Å². The predicted molar refractivity (Wildman–Crippen MR) is 64.1 cm³/mol. The summed E-state index contributed by atoms with van der Waals surface area (Å²) in [5.41, 5.74) is 2.31. The first-order valence-electron chi connectivity index (χ1n) is 5.13. The average molecular weight is 221 g/mol. The summed E-state index contributed by atoms with van der Waals surface area (Å²) in [6, 6.07) is 4.05. The van der Waals surface area contributed by atoms with Gasteiger partial charge >= 0.3 is 0 Å². The molecule has 2 aromatic heterocycles. The molecule has 0 amide bonds. The maximum absolute atomic E-state index is 4.58. The minimum atomic E-state index is 1.05. The molecule has 2 rings (SSSR count). The molecule has 2 aromatic rings. The standard InChI is InChI=1S/C11H15N3S/c1-12-6-2-4-9-8-15-11(14-9)10-5-3-7-13-10/h3,5,7-8,12-13H,2,4,6H2,1H3. The van der Waals surface area contributed by atoms with E-state index in [-0.39, 0.29) is 0 Å². The van der Waals surface area contributed by atoms with Crippen molar-refractivity contribution in [2.75, 3.05) is 13.6 Å². The highest BCUT2D eigenvalue weighted by Gasteiger charge is 2.04. The fraction of sp³-hybridized carbons (Fsp3) is 0.364. The maximum Gasteiger partial charge on any atom is 0.139 e. The fourth-order valence-corrected chi connectivity index (χ4v) is 2.30. The van der Waals surface area contributed by atoms with Crippen LogP contribution in [-0.4, -0.2) is 23.6 Å². The Morgan fingerprint density at radius 2 is 2.47 bits per heavy atom. The largest absolute Gasteiger partial charge is 0.359 e. The summed E-state index contributed by atoms with van der Waals surface area (Å²) in [4.78, 5) is 7.75. The highest BCUT2D eigenvalue weighted by molar-refractivity contribution is 7.13. The van der Waals surface area contributed by atoms with Crippen molar-refractivity contribution in [2.45, 2.75) is 12.8 Å². The van der Waals surface area contributed by atoms with Crippen LogP contribution in [0.25, 0.3) is 10.7 Å². The van der Waals surface area contributed by atoms with E-state index < -0.39 is 0 Å². The number of H-pyrrole nitrogens is 1. The number of aromatic nitrogens is 2. The Labute approximate surface area is 93.6 Å². The molecule has 0 radical (unpaired) electrons. The van der Waals surface area contributed by atoms with Crippen LogP contribution in [0.3, 0.4) is 0 Å². The molecule has 15 heavy (non-hydrogen) atoms. The van der Waals surface area contributed by atoms with Crippen molar-refractivity contribution in [1.29, 1.82) is 0 Å². The molecule has 2 N–H and O–H groups in total. The Morgan fingerprint density at radius 1 is 1.53 bits per heavy atom. The first-order valence-corrected chi connectivity index (χ1v) is 6.01. The number of aryl methyl sites for hydroxylation is 1. The van der Waals surface area contributed by atoms with Gasteiger partial charge in [-0.1, -0.05) is 0 Å². The summed E-state index contributed by atoms with van der Waals surface area (Å²) in [7, 11) is 1.98. The molecular weight excluding hydrogens is 206 g/mol. The maximum atomic E-state index is 4.58. The molecule has 0 unspecified atom stereocenters. The molecule has 4 heteroatoms. The number of nitrogens with zero attached hydrogens (tertiary/aromatic N) is 1. The average Bonchev–Trinajstić information content (AvgIpc) is 2.87. The lowest BCUT2D eigenvalue weighted by molar-refractivity contribution is 0.718. The normalized spacial score (nSPS) is 10.7. The zero-order chi connectivity index (χ0) is 10.5. The summed E-state index contributed by atoms with van der Waals surface area (Å²) in [6.45, 7) is 1.05. The molecule has 0 saturated carbocycles. The highest BCUT2D eigenvalue weighted by Crippen LogP contribution is 2.22. The minimum absolute atomic E-state index is 1.05. The lowest BCUT2D eigenvalue weighted by Gasteiger charge is -1.95. The van der Waals surface area contributed by atoms with Gasteiger partial charge in [0.25, 0.3) is 0 Å². The van der Waals surface area contributed by atoms with Gasteiger partial charge in [-0.05, 0) is 38.6 Å². The van der Waals surface area contributed by atoms with Gasteiger partial charge in [-0.15, -0.1) is 11.3 Å². The molecule has 0 aromatic carbocycles. The van der Waals surface area contributed by atoms with E-state index in [9.17, 15) is 0 Å². The topological polar surface area (TPSA) is 40.7 Å². The molecule has 0 bridgehead atoms. The number of rotatable bonds is 5. The van der Waals surface area contributed by atoms with Crippen LogP contribution in [0.5, 0.6) is 0 Å². The third-order valence-corrected chi connectivity index (χ3v) is 3.16. The Morgan fingerprint density at radius 3 is 3.20 bits per heavy atom. The van der Waals surface area contributed by atoms with E-state index in [0.29, 0.717) is 0 Å². The monoisotopic (exact) mass is 221 g/mol. The second-order valence-corrected chi connectivity index (χ2v) is 4.29. The molecule has 0 aliphatic rings.